The number of rotatable bonds is 4. The molecule has 0 aliphatic carbocycles. The molecule has 0 saturated carbocycles. The third kappa shape index (κ3) is 3.19. The summed E-state index contributed by atoms with van der Waals surface area (Å²) in [6.07, 6.45) is -1.05. The summed E-state index contributed by atoms with van der Waals surface area (Å²) in [5.41, 5.74) is 0.646. The van der Waals surface area contributed by atoms with E-state index in [1.165, 1.54) is 31.2 Å². The van der Waals surface area contributed by atoms with Gasteiger partial charge in [0.05, 0.1) is 17.2 Å². The van der Waals surface area contributed by atoms with Crippen molar-refractivity contribution in [3.05, 3.63) is 47.5 Å². The van der Waals surface area contributed by atoms with Crippen LogP contribution in [0.1, 0.15) is 24.2 Å². The molecule has 0 amide bonds. The fraction of sp³-hybridized carbons (Fsp3) is 0.154. The number of carboxylic acids is 1. The minimum atomic E-state index is -1.24. The van der Waals surface area contributed by atoms with Gasteiger partial charge in [-0.2, -0.15) is 5.26 Å². The van der Waals surface area contributed by atoms with Crippen molar-refractivity contribution in [1.82, 2.24) is 0 Å². The second-order valence-electron chi connectivity index (χ2n) is 3.55. The number of carbonyl (C=O) groups is 2. The van der Waals surface area contributed by atoms with Crippen LogP contribution in [0.4, 0.5) is 0 Å². The number of hydrogen-bond donors (Lipinski definition) is 1. The number of ether oxygens (including phenoxy) is 1. The number of aliphatic carboxylic acids is 1. The smallest absolute Gasteiger partial charge is 0.335 e. The normalized spacial score (nSPS) is 11.1. The fourth-order valence-electron chi connectivity index (χ4n) is 1.35. The number of benzene rings is 1. The molecule has 1 aromatic rings. The van der Waals surface area contributed by atoms with Crippen molar-refractivity contribution in [1.29, 1.82) is 5.26 Å². The number of hydrogen-bond acceptors (Lipinski definition) is 4. The van der Waals surface area contributed by atoms with E-state index in [9.17, 15) is 9.59 Å². The van der Waals surface area contributed by atoms with E-state index in [1.54, 1.807) is 0 Å². The molecule has 5 nitrogen and oxygen atoms in total. The van der Waals surface area contributed by atoms with Crippen LogP contribution >= 0.6 is 0 Å². The molecule has 0 aliphatic rings. The molecule has 1 rings (SSSR count). The molecule has 1 unspecified atom stereocenters. The Morgan fingerprint density at radius 1 is 1.39 bits per heavy atom. The first-order chi connectivity index (χ1) is 8.45. The van der Waals surface area contributed by atoms with Crippen LogP contribution in [-0.4, -0.2) is 17.0 Å². The topological polar surface area (TPSA) is 87.4 Å². The van der Waals surface area contributed by atoms with E-state index in [4.69, 9.17) is 15.1 Å². The summed E-state index contributed by atoms with van der Waals surface area (Å²) in [5, 5.41) is 17.5. The standard InChI is InChI=1S/C13H11NO4/c1-8(13(16)17)12(18-9(2)15)11-5-3-10(7-14)4-6-11/h3-6,12H,1H2,2H3,(H,16,17). The Hall–Kier alpha value is -2.61. The maximum absolute atomic E-state index is 11.0. The maximum atomic E-state index is 11.0. The highest BCUT2D eigenvalue weighted by atomic mass is 16.5. The molecular formula is C13H11NO4. The van der Waals surface area contributed by atoms with Gasteiger partial charge in [0.25, 0.3) is 0 Å². The summed E-state index contributed by atoms with van der Waals surface area (Å²) >= 11 is 0. The second kappa shape index (κ2) is 5.64. The molecular weight excluding hydrogens is 234 g/mol. The fourth-order valence-corrected chi connectivity index (χ4v) is 1.35. The first-order valence-corrected chi connectivity index (χ1v) is 5.05. The first kappa shape index (κ1) is 13.5. The number of carboxylic acid groups (broad SMARTS) is 1. The Kier molecular flexibility index (Phi) is 4.22. The minimum Gasteiger partial charge on any atom is -0.478 e. The van der Waals surface area contributed by atoms with E-state index in [1.807, 2.05) is 6.07 Å². The summed E-state index contributed by atoms with van der Waals surface area (Å²) in [6.45, 7) is 4.57. The quantitative estimate of drug-likeness (QED) is 0.645. The van der Waals surface area contributed by atoms with Crippen LogP contribution < -0.4 is 0 Å². The number of carbonyl (C=O) groups excluding carboxylic acids is 1. The van der Waals surface area contributed by atoms with E-state index in [0.717, 1.165) is 0 Å². The molecule has 1 aromatic carbocycles. The molecule has 0 saturated heterocycles. The van der Waals surface area contributed by atoms with Crippen LogP contribution in [0, 0.1) is 11.3 Å². The Bertz CT molecular complexity index is 525. The van der Waals surface area contributed by atoms with Crippen molar-refractivity contribution in [2.75, 3.05) is 0 Å². The minimum absolute atomic E-state index is 0.241. The number of nitrogens with zero attached hydrogens (tertiary/aromatic N) is 1. The lowest BCUT2D eigenvalue weighted by Crippen LogP contribution is -2.16. The van der Waals surface area contributed by atoms with Gasteiger partial charge in [-0.25, -0.2) is 4.79 Å². The van der Waals surface area contributed by atoms with Gasteiger partial charge in [0.15, 0.2) is 6.10 Å². The van der Waals surface area contributed by atoms with Crippen LogP contribution in [0.15, 0.2) is 36.4 Å². The summed E-state index contributed by atoms with van der Waals surface area (Å²) in [5.74, 6) is -1.85. The van der Waals surface area contributed by atoms with E-state index >= 15 is 0 Å². The highest BCUT2D eigenvalue weighted by molar-refractivity contribution is 5.87. The highest BCUT2D eigenvalue weighted by Gasteiger charge is 2.23. The van der Waals surface area contributed by atoms with Crippen LogP contribution in [0.2, 0.25) is 0 Å². The predicted molar refractivity (Wildman–Crippen MR) is 62.4 cm³/mol. The monoisotopic (exact) mass is 245 g/mol. The van der Waals surface area contributed by atoms with Crippen LogP contribution in [0.5, 0.6) is 0 Å². The summed E-state index contributed by atoms with van der Waals surface area (Å²) < 4.78 is 4.93. The van der Waals surface area contributed by atoms with Gasteiger partial charge in [0, 0.05) is 6.92 Å². The second-order valence-corrected chi connectivity index (χ2v) is 3.55. The Balaban J connectivity index is 3.09. The van der Waals surface area contributed by atoms with Crippen LogP contribution in [0.3, 0.4) is 0 Å². The van der Waals surface area contributed by atoms with Gasteiger partial charge in [-0.15, -0.1) is 0 Å². The third-order valence-electron chi connectivity index (χ3n) is 2.22. The Morgan fingerprint density at radius 3 is 2.33 bits per heavy atom. The predicted octanol–water partition coefficient (Wildman–Crippen LogP) is 1.80. The van der Waals surface area contributed by atoms with Crippen LogP contribution in [-0.2, 0) is 14.3 Å². The molecule has 0 radical (unpaired) electrons. The molecule has 0 aromatic heterocycles. The molecule has 0 fully saturated rings. The van der Waals surface area contributed by atoms with Crippen LogP contribution in [0.25, 0.3) is 0 Å². The van der Waals surface area contributed by atoms with Gasteiger partial charge in [0.1, 0.15) is 0 Å². The molecule has 0 spiro atoms. The average molecular weight is 245 g/mol. The van der Waals surface area contributed by atoms with E-state index in [-0.39, 0.29) is 5.57 Å². The van der Waals surface area contributed by atoms with Crippen molar-refractivity contribution >= 4 is 11.9 Å². The number of nitriles is 1. The molecule has 0 bridgehead atoms. The van der Waals surface area contributed by atoms with Crippen molar-refractivity contribution in [3.8, 4) is 6.07 Å². The lowest BCUT2D eigenvalue weighted by molar-refractivity contribution is -0.146. The van der Waals surface area contributed by atoms with E-state index < -0.39 is 18.0 Å². The van der Waals surface area contributed by atoms with Gasteiger partial charge in [0.2, 0.25) is 0 Å². The van der Waals surface area contributed by atoms with Gasteiger partial charge < -0.3 is 9.84 Å². The van der Waals surface area contributed by atoms with E-state index in [0.29, 0.717) is 11.1 Å². The molecule has 5 heteroatoms. The SMILES string of the molecule is C=C(C(=O)O)C(OC(C)=O)c1ccc(C#N)cc1. The summed E-state index contributed by atoms with van der Waals surface area (Å²) in [4.78, 5) is 21.8. The highest BCUT2D eigenvalue weighted by Crippen LogP contribution is 2.25. The van der Waals surface area contributed by atoms with E-state index in [2.05, 4.69) is 6.58 Å². The van der Waals surface area contributed by atoms with Gasteiger partial charge in [-0.05, 0) is 17.7 Å². The Labute approximate surface area is 104 Å². The van der Waals surface area contributed by atoms with Crippen molar-refractivity contribution in [2.24, 2.45) is 0 Å². The van der Waals surface area contributed by atoms with Crippen molar-refractivity contribution in [3.63, 3.8) is 0 Å². The Morgan fingerprint density at radius 2 is 1.94 bits per heavy atom. The molecule has 18 heavy (non-hydrogen) atoms. The summed E-state index contributed by atoms with van der Waals surface area (Å²) in [6, 6.07) is 8.03. The zero-order chi connectivity index (χ0) is 13.7. The summed E-state index contributed by atoms with van der Waals surface area (Å²) in [7, 11) is 0. The zero-order valence-electron chi connectivity index (χ0n) is 9.71. The molecule has 1 atom stereocenters. The maximum Gasteiger partial charge on any atom is 0.335 e. The first-order valence-electron chi connectivity index (χ1n) is 5.05. The lowest BCUT2D eigenvalue weighted by Gasteiger charge is -2.17. The van der Waals surface area contributed by atoms with Gasteiger partial charge in [-0.3, -0.25) is 4.79 Å². The van der Waals surface area contributed by atoms with Crippen molar-refractivity contribution < 1.29 is 19.4 Å². The molecule has 1 N–H and O–H groups in total. The number of esters is 1. The third-order valence-corrected chi connectivity index (χ3v) is 2.22. The molecule has 0 heterocycles. The lowest BCUT2D eigenvalue weighted by atomic mass is 10.0. The average Bonchev–Trinajstić information content (AvgIpc) is 2.35. The molecule has 0 aliphatic heterocycles. The van der Waals surface area contributed by atoms with Gasteiger partial charge in [-0.1, -0.05) is 18.7 Å². The largest absolute Gasteiger partial charge is 0.478 e. The zero-order valence-corrected chi connectivity index (χ0v) is 9.71. The van der Waals surface area contributed by atoms with Crippen molar-refractivity contribution in [2.45, 2.75) is 13.0 Å². The molecule has 92 valence electrons. The van der Waals surface area contributed by atoms with Gasteiger partial charge >= 0.3 is 11.9 Å².